The minimum atomic E-state index is -1.00. The van der Waals surface area contributed by atoms with E-state index >= 15 is 0 Å². The van der Waals surface area contributed by atoms with Crippen molar-refractivity contribution in [2.24, 2.45) is 5.92 Å². The molecule has 64 heavy (non-hydrogen) atoms. The molecule has 4 aliphatic heterocycles. The molecule has 0 bridgehead atoms. The Labute approximate surface area is 369 Å². The molecule has 5 aromatic rings. The molecule has 1 unspecified atom stereocenters. The number of anilines is 4. The Morgan fingerprint density at radius 3 is 2.33 bits per heavy atom. The van der Waals surface area contributed by atoms with E-state index in [2.05, 4.69) is 49.0 Å². The van der Waals surface area contributed by atoms with Crippen LogP contribution in [0.5, 0.6) is 0 Å². The second-order valence-electron chi connectivity index (χ2n) is 17.5. The molecule has 330 valence electrons. The van der Waals surface area contributed by atoms with Crippen LogP contribution in [0.3, 0.4) is 0 Å². The Bertz CT molecular complexity index is 2770. The van der Waals surface area contributed by atoms with Gasteiger partial charge in [-0.1, -0.05) is 19.1 Å². The predicted molar refractivity (Wildman–Crippen MR) is 240 cm³/mol. The van der Waals surface area contributed by atoms with Crippen molar-refractivity contribution in [3.63, 3.8) is 0 Å². The summed E-state index contributed by atoms with van der Waals surface area (Å²) in [6.45, 7) is 12.4. The first-order chi connectivity index (χ1) is 31.0. The number of piperazine rings is 1. The van der Waals surface area contributed by atoms with E-state index in [1.165, 1.54) is 0 Å². The van der Waals surface area contributed by atoms with Crippen LogP contribution in [0.15, 0.2) is 78.2 Å². The highest BCUT2D eigenvalue weighted by Crippen LogP contribution is 2.39. The summed E-state index contributed by atoms with van der Waals surface area (Å²) in [6.07, 6.45) is 7.51. The number of carbonyl (C=O) groups excluding carboxylic acids is 4. The minimum Gasteiger partial charge on any atom is -0.384 e. The average molecular weight is 866 g/mol. The Balaban J connectivity index is 0.737. The van der Waals surface area contributed by atoms with Gasteiger partial charge in [0.2, 0.25) is 17.8 Å². The monoisotopic (exact) mass is 865 g/mol. The summed E-state index contributed by atoms with van der Waals surface area (Å²) >= 11 is 0. The van der Waals surface area contributed by atoms with Crippen molar-refractivity contribution in [3.05, 3.63) is 106 Å². The molecule has 10 rings (SSSR count). The topological polar surface area (TPSA) is 191 Å². The summed E-state index contributed by atoms with van der Waals surface area (Å²) in [7, 11) is 0. The quantitative estimate of drug-likeness (QED) is 0.128. The molecule has 7 heterocycles. The third kappa shape index (κ3) is 7.31. The van der Waals surface area contributed by atoms with E-state index in [1.807, 2.05) is 37.3 Å². The lowest BCUT2D eigenvalue weighted by Gasteiger charge is -2.40. The zero-order valence-electron chi connectivity index (χ0n) is 35.8. The molecule has 17 nitrogen and oxygen atoms in total. The van der Waals surface area contributed by atoms with E-state index in [0.717, 1.165) is 92.6 Å². The first-order valence-electron chi connectivity index (χ1n) is 22.3. The molecule has 5 aliphatic rings. The number of carbonyl (C=O) groups is 4. The third-order valence-corrected chi connectivity index (χ3v) is 13.8. The fourth-order valence-corrected chi connectivity index (χ4v) is 10.1. The summed E-state index contributed by atoms with van der Waals surface area (Å²) in [5, 5.41) is 17.2. The smallest absolute Gasteiger partial charge is 0.278 e. The van der Waals surface area contributed by atoms with Gasteiger partial charge in [-0.2, -0.15) is 4.98 Å². The first-order valence-corrected chi connectivity index (χ1v) is 22.3. The molecule has 17 heteroatoms. The van der Waals surface area contributed by atoms with E-state index in [0.29, 0.717) is 58.4 Å². The van der Waals surface area contributed by atoms with Crippen LogP contribution in [0.2, 0.25) is 0 Å². The summed E-state index contributed by atoms with van der Waals surface area (Å²) in [4.78, 5) is 86.6. The predicted octanol–water partition coefficient (Wildman–Crippen LogP) is 3.89. The molecule has 0 radical (unpaired) electrons. The van der Waals surface area contributed by atoms with Crippen LogP contribution >= 0.6 is 0 Å². The second-order valence-corrected chi connectivity index (χ2v) is 17.5. The second kappa shape index (κ2) is 16.4. The van der Waals surface area contributed by atoms with Gasteiger partial charge in [0.05, 0.1) is 23.4 Å². The molecule has 2 atom stereocenters. The van der Waals surface area contributed by atoms with Crippen molar-refractivity contribution in [1.29, 1.82) is 0 Å². The van der Waals surface area contributed by atoms with E-state index in [1.54, 1.807) is 33.8 Å². The van der Waals surface area contributed by atoms with E-state index < -0.39 is 35.3 Å². The van der Waals surface area contributed by atoms with Crippen LogP contribution < -0.4 is 26.0 Å². The van der Waals surface area contributed by atoms with Gasteiger partial charge in [-0.3, -0.25) is 39.1 Å². The van der Waals surface area contributed by atoms with Crippen molar-refractivity contribution < 1.29 is 24.3 Å². The van der Waals surface area contributed by atoms with Gasteiger partial charge in [0.25, 0.3) is 17.4 Å². The molecular weight excluding hydrogens is 815 g/mol. The van der Waals surface area contributed by atoms with Gasteiger partial charge in [0.1, 0.15) is 17.0 Å². The number of benzene rings is 2. The largest absolute Gasteiger partial charge is 0.384 e. The van der Waals surface area contributed by atoms with Crippen molar-refractivity contribution in [1.82, 2.24) is 39.4 Å². The Kier molecular flexibility index (Phi) is 10.6. The van der Waals surface area contributed by atoms with Crippen molar-refractivity contribution >= 4 is 57.7 Å². The normalized spacial score (nSPS) is 21.7. The Morgan fingerprint density at radius 2 is 1.59 bits per heavy atom. The van der Waals surface area contributed by atoms with Gasteiger partial charge in [0, 0.05) is 75.5 Å². The van der Waals surface area contributed by atoms with Gasteiger partial charge in [-0.15, -0.1) is 6.58 Å². The lowest BCUT2D eigenvalue weighted by molar-refractivity contribution is -0.136. The van der Waals surface area contributed by atoms with Crippen LogP contribution in [0.25, 0.3) is 16.9 Å². The highest BCUT2D eigenvalue weighted by molar-refractivity contribution is 6.23. The summed E-state index contributed by atoms with van der Waals surface area (Å²) in [5.74, 6) is -0.557. The Hall–Kier alpha value is -6.72. The molecule has 3 saturated heterocycles. The molecule has 4 amide bonds. The molecule has 1 aliphatic carbocycles. The molecule has 3 N–H and O–H groups in total. The number of pyridine rings is 1. The summed E-state index contributed by atoms with van der Waals surface area (Å²) in [6, 6.07) is 16.4. The number of fused-ring (bicyclic) bond motifs is 3. The van der Waals surface area contributed by atoms with Crippen LogP contribution in [0.1, 0.15) is 77.4 Å². The zero-order valence-corrected chi connectivity index (χ0v) is 35.8. The highest BCUT2D eigenvalue weighted by Gasteiger charge is 2.45. The van der Waals surface area contributed by atoms with Gasteiger partial charge in [-0.05, 0) is 98.5 Å². The fourth-order valence-electron chi connectivity index (χ4n) is 10.1. The van der Waals surface area contributed by atoms with E-state index in [9.17, 15) is 29.1 Å². The summed E-state index contributed by atoms with van der Waals surface area (Å²) in [5.41, 5.74) is 4.26. The van der Waals surface area contributed by atoms with Gasteiger partial charge < -0.3 is 20.2 Å². The number of hydrogen-bond donors (Lipinski definition) is 3. The van der Waals surface area contributed by atoms with Gasteiger partial charge in [-0.25, -0.2) is 19.3 Å². The molecule has 3 fully saturated rings. The van der Waals surface area contributed by atoms with Crippen LogP contribution in [0.4, 0.5) is 23.0 Å². The van der Waals surface area contributed by atoms with E-state index in [-0.39, 0.29) is 24.9 Å². The molecule has 0 spiro atoms. The van der Waals surface area contributed by atoms with Crippen LogP contribution in [-0.2, 0) is 28.2 Å². The van der Waals surface area contributed by atoms with Crippen molar-refractivity contribution in [2.75, 3.05) is 60.9 Å². The van der Waals surface area contributed by atoms with Crippen molar-refractivity contribution in [3.8, 4) is 5.82 Å². The standard InChI is InChI=1S/C47H51N11O6/c1-3-19-56-43(61)36-27-48-46(52-41(36)58(56)38-13-5-30-15-18-47(64,4-2)40(30)50-38)49-31-6-8-32(9-7-31)54-20-16-29(17-21-54)28-53-22-24-55(25-23-53)33-10-11-34-35(26-33)45(63)57(44(34)62)37-12-14-39(59)51-42(37)60/h3,5-11,13,26-27,29,37,64H,1,4,12,14-25,28H2,2H3,(H,48,49,52)(H,51,59,60)/t37?,47-/m1/s1. The van der Waals surface area contributed by atoms with E-state index in [4.69, 9.17) is 9.97 Å². The maximum atomic E-state index is 13.5. The number of hydrogen-bond acceptors (Lipinski definition) is 13. The summed E-state index contributed by atoms with van der Waals surface area (Å²) < 4.78 is 3.23. The lowest BCUT2D eigenvalue weighted by Crippen LogP contribution is -2.54. The van der Waals surface area contributed by atoms with Crippen LogP contribution in [-0.4, -0.2) is 115 Å². The first kappa shape index (κ1) is 41.3. The number of allylic oxidation sites excluding steroid dienone is 1. The molecular formula is C47H51N11O6. The number of aliphatic hydroxyl groups is 1. The minimum absolute atomic E-state index is 0.0888. The molecule has 0 saturated carbocycles. The maximum Gasteiger partial charge on any atom is 0.278 e. The number of nitrogens with one attached hydrogen (secondary N) is 2. The number of nitrogens with zero attached hydrogens (tertiary/aromatic N) is 9. The number of imide groups is 2. The van der Waals surface area contributed by atoms with Crippen molar-refractivity contribution in [2.45, 2.75) is 70.1 Å². The number of piperidine rings is 2. The fraction of sp³-hybridized carbons (Fsp3) is 0.404. The lowest BCUT2D eigenvalue weighted by atomic mass is 9.95. The van der Waals surface area contributed by atoms with Gasteiger partial charge in [0.15, 0.2) is 11.5 Å². The molecule has 2 aromatic carbocycles. The highest BCUT2D eigenvalue weighted by atomic mass is 16.3. The number of aromatic nitrogens is 5. The number of aryl methyl sites for hydroxylation is 1. The average Bonchev–Trinajstić information content (AvgIpc) is 3.88. The maximum absolute atomic E-state index is 13.5. The van der Waals surface area contributed by atoms with Crippen LogP contribution in [0, 0.1) is 5.92 Å². The molecule has 3 aromatic heterocycles. The third-order valence-electron chi connectivity index (χ3n) is 13.8. The number of amides is 4. The Morgan fingerprint density at radius 1 is 0.859 bits per heavy atom. The van der Waals surface area contributed by atoms with Gasteiger partial charge >= 0.3 is 0 Å². The SMILES string of the molecule is C=CCn1c(=O)c2cnc(Nc3ccc(N4CCC(CN5CCN(c6ccc7c(c6)C(=O)N(C6CCC(=O)NC6=O)C7=O)CC5)CC4)cc3)nc2n1-c1ccc2c(n1)[C@@](O)(CC)CC2. The zero-order chi connectivity index (χ0) is 44.3. The number of rotatable bonds is 11.